The Bertz CT molecular complexity index is 457. The molecule has 0 heterocycles. The summed E-state index contributed by atoms with van der Waals surface area (Å²) in [6, 6.07) is 4.45. The third-order valence-electron chi connectivity index (χ3n) is 2.65. The Kier molecular flexibility index (Phi) is 2.14. The average Bonchev–Trinajstić information content (AvgIpc) is 2.99. The predicted molar refractivity (Wildman–Crippen MR) is 52.5 cm³/mol. The first kappa shape index (κ1) is 9.62. The Morgan fingerprint density at radius 2 is 2.20 bits per heavy atom. The first-order chi connectivity index (χ1) is 7.22. The van der Waals surface area contributed by atoms with Crippen LogP contribution in [-0.4, -0.2) is 17.5 Å². The molecule has 1 aliphatic carbocycles. The van der Waals surface area contributed by atoms with Crippen LogP contribution in [-0.2, 0) is 10.3 Å². The summed E-state index contributed by atoms with van der Waals surface area (Å²) >= 11 is 0. The molecule has 0 bridgehead atoms. The zero-order valence-electron chi connectivity index (χ0n) is 7.93. The normalized spacial score (nSPS) is 16.5. The minimum Gasteiger partial charge on any atom is -0.508 e. The van der Waals surface area contributed by atoms with E-state index in [0.29, 0.717) is 30.3 Å². The summed E-state index contributed by atoms with van der Waals surface area (Å²) < 4.78 is 0. The number of carbonyl (C=O) groups is 1. The van der Waals surface area contributed by atoms with Gasteiger partial charge in [-0.15, -0.1) is 0 Å². The Hall–Kier alpha value is -1.93. The standard InChI is InChI=1S/C11H9NO3/c13-6-8-1-2-9(15)5-10(8)11(3-4-11)12-7-14/h1-2,5-6,15H,3-4H2. The van der Waals surface area contributed by atoms with Crippen LogP contribution in [0.3, 0.4) is 0 Å². The molecule has 15 heavy (non-hydrogen) atoms. The number of hydrogen-bond acceptors (Lipinski definition) is 4. The number of phenolic OH excluding ortho intramolecular Hbond substituents is 1. The van der Waals surface area contributed by atoms with Gasteiger partial charge < -0.3 is 5.11 Å². The van der Waals surface area contributed by atoms with Gasteiger partial charge in [-0.2, -0.15) is 4.99 Å². The second-order valence-corrected chi connectivity index (χ2v) is 3.62. The Labute approximate surface area is 86.3 Å². The number of aliphatic imine (C=N–C) groups is 1. The van der Waals surface area contributed by atoms with Gasteiger partial charge in [-0.25, -0.2) is 4.79 Å². The molecular formula is C11H9NO3. The van der Waals surface area contributed by atoms with Gasteiger partial charge in [0.1, 0.15) is 12.0 Å². The van der Waals surface area contributed by atoms with Crippen LogP contribution in [0.15, 0.2) is 23.2 Å². The number of hydrogen-bond donors (Lipinski definition) is 1. The number of aromatic hydroxyl groups is 1. The fourth-order valence-corrected chi connectivity index (χ4v) is 1.70. The fraction of sp³-hybridized carbons (Fsp3) is 0.273. The van der Waals surface area contributed by atoms with Gasteiger partial charge in [0.2, 0.25) is 6.08 Å². The molecule has 4 nitrogen and oxygen atoms in total. The van der Waals surface area contributed by atoms with Crippen molar-refractivity contribution >= 4 is 12.4 Å². The van der Waals surface area contributed by atoms with Gasteiger partial charge in [-0.1, -0.05) is 0 Å². The molecule has 76 valence electrons. The number of carbonyl (C=O) groups excluding carboxylic acids is 2. The van der Waals surface area contributed by atoms with Crippen LogP contribution < -0.4 is 0 Å². The summed E-state index contributed by atoms with van der Waals surface area (Å²) in [6.07, 6.45) is 3.65. The Balaban J connectivity index is 2.55. The summed E-state index contributed by atoms with van der Waals surface area (Å²) in [4.78, 5) is 24.8. The lowest BCUT2D eigenvalue weighted by atomic mass is 9.99. The van der Waals surface area contributed by atoms with E-state index < -0.39 is 5.54 Å². The van der Waals surface area contributed by atoms with E-state index >= 15 is 0 Å². The molecule has 0 aromatic heterocycles. The van der Waals surface area contributed by atoms with Crippen molar-refractivity contribution in [3.8, 4) is 5.75 Å². The molecule has 1 aromatic carbocycles. The summed E-state index contributed by atoms with van der Waals surface area (Å²) in [5, 5.41) is 9.34. The lowest BCUT2D eigenvalue weighted by molar-refractivity contribution is 0.112. The maximum Gasteiger partial charge on any atom is 0.235 e. The van der Waals surface area contributed by atoms with Gasteiger partial charge in [-0.05, 0) is 36.6 Å². The molecular weight excluding hydrogens is 194 g/mol. The number of aldehydes is 1. The van der Waals surface area contributed by atoms with Gasteiger partial charge in [0.15, 0.2) is 0 Å². The van der Waals surface area contributed by atoms with Crippen molar-refractivity contribution in [2.24, 2.45) is 4.99 Å². The zero-order valence-corrected chi connectivity index (χ0v) is 7.93. The second-order valence-electron chi connectivity index (χ2n) is 3.62. The van der Waals surface area contributed by atoms with Crippen LogP contribution in [0.5, 0.6) is 5.75 Å². The van der Waals surface area contributed by atoms with Gasteiger partial charge in [-0.3, -0.25) is 4.79 Å². The first-order valence-corrected chi connectivity index (χ1v) is 4.59. The highest BCUT2D eigenvalue weighted by Crippen LogP contribution is 2.50. The van der Waals surface area contributed by atoms with Gasteiger partial charge >= 0.3 is 0 Å². The third kappa shape index (κ3) is 1.55. The number of rotatable bonds is 3. The van der Waals surface area contributed by atoms with Crippen LogP contribution in [0, 0.1) is 0 Å². The fourth-order valence-electron chi connectivity index (χ4n) is 1.70. The van der Waals surface area contributed by atoms with E-state index in [1.54, 1.807) is 0 Å². The molecule has 0 saturated heterocycles. The van der Waals surface area contributed by atoms with E-state index in [1.165, 1.54) is 24.3 Å². The molecule has 1 aliphatic rings. The molecule has 0 radical (unpaired) electrons. The van der Waals surface area contributed by atoms with Crippen molar-refractivity contribution < 1.29 is 14.7 Å². The SMILES string of the molecule is O=C=NC1(c2cc(O)ccc2C=O)CC1. The van der Waals surface area contributed by atoms with Crippen LogP contribution in [0.2, 0.25) is 0 Å². The average molecular weight is 203 g/mol. The molecule has 1 N–H and O–H groups in total. The Morgan fingerprint density at radius 1 is 1.47 bits per heavy atom. The highest BCUT2D eigenvalue weighted by molar-refractivity contribution is 5.79. The van der Waals surface area contributed by atoms with Crippen molar-refractivity contribution in [3.05, 3.63) is 29.3 Å². The quantitative estimate of drug-likeness (QED) is 0.460. The zero-order chi connectivity index (χ0) is 10.9. The van der Waals surface area contributed by atoms with Crippen LogP contribution in [0.1, 0.15) is 28.8 Å². The monoisotopic (exact) mass is 203 g/mol. The van der Waals surface area contributed by atoms with E-state index in [9.17, 15) is 14.7 Å². The molecule has 2 rings (SSSR count). The van der Waals surface area contributed by atoms with Crippen molar-refractivity contribution in [1.29, 1.82) is 0 Å². The van der Waals surface area contributed by atoms with Crippen LogP contribution >= 0.6 is 0 Å². The topological polar surface area (TPSA) is 66.7 Å². The second kappa shape index (κ2) is 3.33. The van der Waals surface area contributed by atoms with E-state index in [1.807, 2.05) is 0 Å². The summed E-state index contributed by atoms with van der Waals surface area (Å²) in [5.74, 6) is 0.0722. The van der Waals surface area contributed by atoms with Crippen LogP contribution in [0.4, 0.5) is 0 Å². The molecule has 1 aromatic rings. The smallest absolute Gasteiger partial charge is 0.235 e. The summed E-state index contributed by atoms with van der Waals surface area (Å²) in [6.45, 7) is 0. The van der Waals surface area contributed by atoms with Crippen molar-refractivity contribution in [1.82, 2.24) is 0 Å². The van der Waals surface area contributed by atoms with Gasteiger partial charge in [0, 0.05) is 5.56 Å². The predicted octanol–water partition coefficient (Wildman–Crippen LogP) is 1.53. The molecule has 0 spiro atoms. The molecule has 4 heteroatoms. The molecule has 0 aliphatic heterocycles. The Morgan fingerprint density at radius 3 is 2.73 bits per heavy atom. The lowest BCUT2D eigenvalue weighted by Crippen LogP contribution is -2.06. The largest absolute Gasteiger partial charge is 0.508 e. The van der Waals surface area contributed by atoms with E-state index in [4.69, 9.17) is 0 Å². The summed E-state index contributed by atoms with van der Waals surface area (Å²) in [7, 11) is 0. The number of isocyanates is 1. The first-order valence-electron chi connectivity index (χ1n) is 4.59. The molecule has 1 saturated carbocycles. The van der Waals surface area contributed by atoms with Gasteiger partial charge in [0.05, 0.1) is 5.54 Å². The van der Waals surface area contributed by atoms with E-state index in [0.717, 1.165) is 0 Å². The highest BCUT2D eigenvalue weighted by atomic mass is 16.3. The highest BCUT2D eigenvalue weighted by Gasteiger charge is 2.46. The minimum atomic E-state index is -0.614. The van der Waals surface area contributed by atoms with Crippen molar-refractivity contribution in [2.75, 3.05) is 0 Å². The van der Waals surface area contributed by atoms with E-state index in [-0.39, 0.29) is 5.75 Å². The molecule has 1 fully saturated rings. The van der Waals surface area contributed by atoms with Crippen molar-refractivity contribution in [2.45, 2.75) is 18.4 Å². The molecule has 0 unspecified atom stereocenters. The molecule has 0 amide bonds. The van der Waals surface area contributed by atoms with E-state index in [2.05, 4.69) is 4.99 Å². The number of nitrogens with zero attached hydrogens (tertiary/aromatic N) is 1. The van der Waals surface area contributed by atoms with Gasteiger partial charge in [0.25, 0.3) is 0 Å². The number of benzene rings is 1. The lowest BCUT2D eigenvalue weighted by Gasteiger charge is -2.10. The van der Waals surface area contributed by atoms with Crippen LogP contribution in [0.25, 0.3) is 0 Å². The molecule has 0 atom stereocenters. The maximum atomic E-state index is 10.8. The number of phenols is 1. The van der Waals surface area contributed by atoms with Crippen molar-refractivity contribution in [3.63, 3.8) is 0 Å². The maximum absolute atomic E-state index is 10.8. The third-order valence-corrected chi connectivity index (χ3v) is 2.65. The summed E-state index contributed by atoms with van der Waals surface area (Å²) in [5.41, 5.74) is 0.460. The minimum absolute atomic E-state index is 0.0722.